The molecule has 0 bridgehead atoms. The van der Waals surface area contributed by atoms with Gasteiger partial charge in [-0.2, -0.15) is 0 Å². The molecule has 0 amide bonds. The molecule has 7 heteroatoms. The van der Waals surface area contributed by atoms with E-state index in [0.29, 0.717) is 31.6 Å². The number of benzene rings is 1. The van der Waals surface area contributed by atoms with Crippen molar-refractivity contribution in [3.63, 3.8) is 0 Å². The third-order valence-corrected chi connectivity index (χ3v) is 4.65. The molecule has 1 saturated heterocycles. The molecule has 0 aliphatic carbocycles. The second-order valence-electron chi connectivity index (χ2n) is 4.20. The van der Waals surface area contributed by atoms with Crippen molar-refractivity contribution in [1.29, 1.82) is 0 Å². The van der Waals surface area contributed by atoms with Crippen LogP contribution in [0.25, 0.3) is 0 Å². The number of carboxylic acid groups (broad SMARTS) is 1. The molecule has 104 valence electrons. The summed E-state index contributed by atoms with van der Waals surface area (Å²) in [6.07, 6.45) is 1.17. The van der Waals surface area contributed by atoms with Crippen LogP contribution in [0.5, 0.6) is 0 Å². The van der Waals surface area contributed by atoms with Gasteiger partial charge in [-0.3, -0.25) is 4.84 Å². The molecule has 1 N–H and O–H groups in total. The summed E-state index contributed by atoms with van der Waals surface area (Å²) in [4.78, 5) is 16.1. The molecule has 1 aromatic carbocycles. The lowest BCUT2D eigenvalue weighted by Gasteiger charge is -2.15. The zero-order chi connectivity index (χ0) is 14.0. The highest BCUT2D eigenvalue weighted by Gasteiger charge is 2.29. The van der Waals surface area contributed by atoms with Crippen LogP contribution in [-0.4, -0.2) is 37.1 Å². The van der Waals surface area contributed by atoms with Crippen molar-refractivity contribution in [2.75, 3.05) is 13.2 Å². The van der Waals surface area contributed by atoms with E-state index in [-0.39, 0.29) is 10.5 Å². The van der Waals surface area contributed by atoms with E-state index in [9.17, 15) is 13.2 Å². The zero-order valence-electron chi connectivity index (χ0n) is 10.5. The van der Waals surface area contributed by atoms with Gasteiger partial charge < -0.3 is 5.11 Å². The largest absolute Gasteiger partial charge is 0.478 e. The van der Waals surface area contributed by atoms with Crippen molar-refractivity contribution in [1.82, 2.24) is 4.47 Å². The fourth-order valence-electron chi connectivity index (χ4n) is 1.96. The smallest absolute Gasteiger partial charge is 0.336 e. The summed E-state index contributed by atoms with van der Waals surface area (Å²) in [7, 11) is -3.77. The van der Waals surface area contributed by atoms with Gasteiger partial charge in [-0.05, 0) is 30.5 Å². The molecular weight excluding hydrogens is 270 g/mol. The van der Waals surface area contributed by atoms with Crippen LogP contribution in [0.4, 0.5) is 0 Å². The highest BCUT2D eigenvalue weighted by Crippen LogP contribution is 2.22. The highest BCUT2D eigenvalue weighted by atomic mass is 32.2. The number of aryl methyl sites for hydroxylation is 1. The Hall–Kier alpha value is -1.44. The molecule has 0 atom stereocenters. The number of carboxylic acids is 1. The second-order valence-corrected chi connectivity index (χ2v) is 6.02. The van der Waals surface area contributed by atoms with E-state index >= 15 is 0 Å². The Bertz CT molecular complexity index is 590. The lowest BCUT2D eigenvalue weighted by atomic mass is 10.1. The summed E-state index contributed by atoms with van der Waals surface area (Å²) in [6.45, 7) is 2.47. The average Bonchev–Trinajstić information content (AvgIpc) is 2.92. The lowest BCUT2D eigenvalue weighted by Crippen LogP contribution is -2.27. The zero-order valence-corrected chi connectivity index (χ0v) is 11.3. The van der Waals surface area contributed by atoms with E-state index < -0.39 is 16.0 Å². The molecule has 2 rings (SSSR count). The van der Waals surface area contributed by atoms with Crippen molar-refractivity contribution >= 4 is 16.0 Å². The number of hydroxylamine groups is 1. The maximum atomic E-state index is 12.2. The van der Waals surface area contributed by atoms with E-state index in [0.717, 1.165) is 4.47 Å². The molecule has 1 fully saturated rings. The minimum absolute atomic E-state index is 0.0165. The summed E-state index contributed by atoms with van der Waals surface area (Å²) in [5, 5.41) is 9.11. The third-order valence-electron chi connectivity index (χ3n) is 2.98. The summed E-state index contributed by atoms with van der Waals surface area (Å²) >= 11 is 0. The summed E-state index contributed by atoms with van der Waals surface area (Å²) < 4.78 is 25.4. The SMILES string of the molecule is CCc1ccc(S(=O)(=O)N2CCCO2)cc1C(=O)O. The van der Waals surface area contributed by atoms with Crippen molar-refractivity contribution in [2.24, 2.45) is 0 Å². The summed E-state index contributed by atoms with van der Waals surface area (Å²) in [6, 6.07) is 4.15. The maximum absolute atomic E-state index is 12.2. The molecule has 1 aliphatic rings. The van der Waals surface area contributed by atoms with Gasteiger partial charge in [0.15, 0.2) is 0 Å². The van der Waals surface area contributed by atoms with E-state index in [4.69, 9.17) is 9.94 Å². The van der Waals surface area contributed by atoms with Gasteiger partial charge in [0.1, 0.15) is 0 Å². The number of aromatic carboxylic acids is 1. The van der Waals surface area contributed by atoms with Crippen LogP contribution < -0.4 is 0 Å². The van der Waals surface area contributed by atoms with Gasteiger partial charge in [0, 0.05) is 6.54 Å². The fraction of sp³-hybridized carbons (Fsp3) is 0.417. The number of carbonyl (C=O) groups is 1. The molecular formula is C12H15NO5S. The van der Waals surface area contributed by atoms with Crippen LogP contribution in [0, 0.1) is 0 Å². The summed E-state index contributed by atoms with van der Waals surface area (Å²) in [5.74, 6) is -1.13. The van der Waals surface area contributed by atoms with Crippen molar-refractivity contribution in [3.8, 4) is 0 Å². The monoisotopic (exact) mass is 285 g/mol. The molecule has 1 aliphatic heterocycles. The number of sulfonamides is 1. The third kappa shape index (κ3) is 2.63. The van der Waals surface area contributed by atoms with Crippen LogP contribution in [0.3, 0.4) is 0 Å². The highest BCUT2D eigenvalue weighted by molar-refractivity contribution is 7.89. The maximum Gasteiger partial charge on any atom is 0.336 e. The first-order valence-corrected chi connectivity index (χ1v) is 7.42. The first-order valence-electron chi connectivity index (χ1n) is 5.98. The topological polar surface area (TPSA) is 83.9 Å². The Morgan fingerprint density at radius 3 is 2.74 bits per heavy atom. The van der Waals surface area contributed by atoms with Crippen molar-refractivity contribution in [2.45, 2.75) is 24.7 Å². The number of hydrogen-bond donors (Lipinski definition) is 1. The fourth-order valence-corrected chi connectivity index (χ4v) is 3.28. The summed E-state index contributed by atoms with van der Waals surface area (Å²) in [5.41, 5.74) is 0.622. The average molecular weight is 285 g/mol. The van der Waals surface area contributed by atoms with E-state index in [1.165, 1.54) is 18.2 Å². The van der Waals surface area contributed by atoms with Gasteiger partial charge in [-0.1, -0.05) is 17.5 Å². The van der Waals surface area contributed by atoms with Gasteiger partial charge in [0.05, 0.1) is 17.1 Å². The minimum atomic E-state index is -3.77. The molecule has 0 aromatic heterocycles. The normalized spacial score (nSPS) is 16.7. The van der Waals surface area contributed by atoms with E-state index in [1.807, 2.05) is 6.92 Å². The predicted molar refractivity (Wildman–Crippen MR) is 67.2 cm³/mol. The molecule has 0 unspecified atom stereocenters. The predicted octanol–water partition coefficient (Wildman–Crippen LogP) is 1.27. The Morgan fingerprint density at radius 2 is 2.21 bits per heavy atom. The molecule has 0 spiro atoms. The van der Waals surface area contributed by atoms with E-state index in [2.05, 4.69) is 0 Å². The molecule has 6 nitrogen and oxygen atoms in total. The van der Waals surface area contributed by atoms with Crippen LogP contribution in [0.2, 0.25) is 0 Å². The van der Waals surface area contributed by atoms with Gasteiger partial charge in [-0.15, -0.1) is 0 Å². The molecule has 0 saturated carbocycles. The van der Waals surface area contributed by atoms with Gasteiger partial charge >= 0.3 is 5.97 Å². The Kier molecular flexibility index (Phi) is 3.88. The minimum Gasteiger partial charge on any atom is -0.478 e. The van der Waals surface area contributed by atoms with Gasteiger partial charge in [0.2, 0.25) is 0 Å². The lowest BCUT2D eigenvalue weighted by molar-refractivity contribution is -0.0284. The number of hydrogen-bond acceptors (Lipinski definition) is 4. The molecule has 0 radical (unpaired) electrons. The quantitative estimate of drug-likeness (QED) is 0.900. The van der Waals surface area contributed by atoms with E-state index in [1.54, 1.807) is 0 Å². The standard InChI is InChI=1S/C12H15NO5S/c1-2-9-4-5-10(8-11(9)12(14)15)19(16,17)13-6-3-7-18-13/h4-5,8H,2-3,6-7H2,1H3,(H,14,15). The van der Waals surface area contributed by atoms with Crippen LogP contribution in [0.1, 0.15) is 29.3 Å². The molecule has 1 heterocycles. The van der Waals surface area contributed by atoms with Crippen LogP contribution in [-0.2, 0) is 21.3 Å². The first kappa shape index (κ1) is 14.0. The van der Waals surface area contributed by atoms with Crippen LogP contribution in [0.15, 0.2) is 23.1 Å². The van der Waals surface area contributed by atoms with Crippen molar-refractivity contribution in [3.05, 3.63) is 29.3 Å². The number of nitrogens with zero attached hydrogens (tertiary/aromatic N) is 1. The Morgan fingerprint density at radius 1 is 1.47 bits per heavy atom. The Labute approximate surface area is 111 Å². The first-order chi connectivity index (χ1) is 8.96. The molecule has 19 heavy (non-hydrogen) atoms. The Balaban J connectivity index is 2.45. The number of rotatable bonds is 4. The van der Waals surface area contributed by atoms with Crippen molar-refractivity contribution < 1.29 is 23.2 Å². The second kappa shape index (κ2) is 5.28. The molecule has 1 aromatic rings. The van der Waals surface area contributed by atoms with Gasteiger partial charge in [0.25, 0.3) is 10.0 Å². The van der Waals surface area contributed by atoms with Crippen LogP contribution >= 0.6 is 0 Å². The van der Waals surface area contributed by atoms with Gasteiger partial charge in [-0.25, -0.2) is 13.2 Å².